The quantitative estimate of drug-likeness (QED) is 0.473. The Morgan fingerprint density at radius 1 is 1.16 bits per heavy atom. The Morgan fingerprint density at radius 2 is 1.81 bits per heavy atom. The van der Waals surface area contributed by atoms with Crippen molar-refractivity contribution in [3.05, 3.63) is 58.1 Å². The van der Waals surface area contributed by atoms with Crippen LogP contribution in [0.5, 0.6) is 0 Å². The smallest absolute Gasteiger partial charge is 0.282 e. The number of sulfonamides is 1. The monoisotopic (exact) mass is 462 g/mol. The van der Waals surface area contributed by atoms with Gasteiger partial charge in [0.25, 0.3) is 11.6 Å². The summed E-state index contributed by atoms with van der Waals surface area (Å²) in [7, 11) is -3.79. The van der Waals surface area contributed by atoms with Gasteiger partial charge >= 0.3 is 0 Å². The number of nitrogens with zero attached hydrogens (tertiary/aromatic N) is 3. The van der Waals surface area contributed by atoms with E-state index in [1.807, 2.05) is 18.7 Å². The van der Waals surface area contributed by atoms with E-state index in [0.717, 1.165) is 0 Å². The third-order valence-electron chi connectivity index (χ3n) is 5.27. The highest BCUT2D eigenvalue weighted by atomic mass is 32.2. The minimum Gasteiger partial charge on any atom is -0.379 e. The van der Waals surface area contributed by atoms with Gasteiger partial charge in [-0.05, 0) is 38.1 Å². The van der Waals surface area contributed by atoms with Crippen molar-refractivity contribution < 1.29 is 22.9 Å². The van der Waals surface area contributed by atoms with Gasteiger partial charge in [0, 0.05) is 32.2 Å². The Bertz CT molecular complexity index is 1100. The third-order valence-corrected chi connectivity index (χ3v) is 7.17. The number of carbonyl (C=O) groups excluding carboxylic acids is 1. The first kappa shape index (κ1) is 23.6. The molecule has 1 amide bonds. The molecule has 0 unspecified atom stereocenters. The fourth-order valence-electron chi connectivity index (χ4n) is 3.57. The molecule has 0 bridgehead atoms. The molecule has 2 aromatic rings. The van der Waals surface area contributed by atoms with E-state index in [-0.39, 0.29) is 34.9 Å². The van der Waals surface area contributed by atoms with E-state index in [1.165, 1.54) is 40.7 Å². The molecule has 10 nitrogen and oxygen atoms in total. The Balaban J connectivity index is 2.03. The standard InChI is InChI=1S/C21H26N4O6S/c1-3-23(4-2)20-10-9-16(32(29,30)24-11-13-31-14-12-24)15-18(20)22-21(26)17-7-5-6-8-19(17)25(27)28/h5-10,15H,3-4,11-14H2,1-2H3,(H,22,26). The first-order valence-electron chi connectivity index (χ1n) is 10.3. The maximum Gasteiger partial charge on any atom is 0.282 e. The average molecular weight is 463 g/mol. The lowest BCUT2D eigenvalue weighted by molar-refractivity contribution is -0.385. The van der Waals surface area contributed by atoms with Crippen LogP contribution in [0.15, 0.2) is 47.4 Å². The van der Waals surface area contributed by atoms with E-state index < -0.39 is 20.9 Å². The van der Waals surface area contributed by atoms with Crippen molar-refractivity contribution in [3.63, 3.8) is 0 Å². The summed E-state index contributed by atoms with van der Waals surface area (Å²) in [4.78, 5) is 25.6. The fraction of sp³-hybridized carbons (Fsp3) is 0.381. The summed E-state index contributed by atoms with van der Waals surface area (Å²) in [6.45, 7) is 6.26. The number of para-hydroxylation sites is 1. The molecule has 0 atom stereocenters. The minimum absolute atomic E-state index is 0.0353. The molecule has 1 aliphatic heterocycles. The number of benzene rings is 2. The highest BCUT2D eigenvalue weighted by Crippen LogP contribution is 2.31. The van der Waals surface area contributed by atoms with Crippen LogP contribution in [0, 0.1) is 10.1 Å². The van der Waals surface area contributed by atoms with Crippen molar-refractivity contribution >= 4 is 33.0 Å². The summed E-state index contributed by atoms with van der Waals surface area (Å²) in [5.74, 6) is -0.688. The van der Waals surface area contributed by atoms with Crippen LogP contribution in [0.2, 0.25) is 0 Å². The molecule has 0 aliphatic carbocycles. The van der Waals surface area contributed by atoms with E-state index in [0.29, 0.717) is 32.0 Å². The normalized spacial score (nSPS) is 14.7. The van der Waals surface area contributed by atoms with Gasteiger partial charge in [-0.3, -0.25) is 14.9 Å². The van der Waals surface area contributed by atoms with E-state index in [4.69, 9.17) is 4.74 Å². The number of nitro benzene ring substituents is 1. The second kappa shape index (κ2) is 10.1. The molecule has 1 heterocycles. The van der Waals surface area contributed by atoms with Gasteiger partial charge in [-0.2, -0.15) is 4.31 Å². The van der Waals surface area contributed by atoms with E-state index in [9.17, 15) is 23.3 Å². The summed E-state index contributed by atoms with van der Waals surface area (Å²) in [6, 6.07) is 10.2. The molecular weight excluding hydrogens is 436 g/mol. The molecule has 0 radical (unpaired) electrons. The van der Waals surface area contributed by atoms with Crippen LogP contribution in [-0.2, 0) is 14.8 Å². The molecule has 2 aromatic carbocycles. The first-order valence-corrected chi connectivity index (χ1v) is 11.7. The first-order chi connectivity index (χ1) is 15.3. The lowest BCUT2D eigenvalue weighted by atomic mass is 10.1. The maximum atomic E-state index is 13.1. The van der Waals surface area contributed by atoms with E-state index >= 15 is 0 Å². The van der Waals surface area contributed by atoms with Crippen molar-refractivity contribution in [2.45, 2.75) is 18.7 Å². The molecule has 0 aromatic heterocycles. The molecule has 32 heavy (non-hydrogen) atoms. The van der Waals surface area contributed by atoms with Gasteiger partial charge in [0.2, 0.25) is 10.0 Å². The van der Waals surface area contributed by atoms with Crippen LogP contribution < -0.4 is 10.2 Å². The number of morpholine rings is 1. The number of hydrogen-bond acceptors (Lipinski definition) is 7. The van der Waals surface area contributed by atoms with Crippen molar-refractivity contribution in [2.24, 2.45) is 0 Å². The van der Waals surface area contributed by atoms with Gasteiger partial charge in [0.05, 0.1) is 34.4 Å². The average Bonchev–Trinajstić information content (AvgIpc) is 2.81. The van der Waals surface area contributed by atoms with Crippen LogP contribution >= 0.6 is 0 Å². The number of nitro groups is 1. The zero-order valence-corrected chi connectivity index (χ0v) is 18.8. The van der Waals surface area contributed by atoms with Crippen LogP contribution in [0.25, 0.3) is 0 Å². The zero-order valence-electron chi connectivity index (χ0n) is 18.0. The lowest BCUT2D eigenvalue weighted by Crippen LogP contribution is -2.40. The largest absolute Gasteiger partial charge is 0.379 e. The number of carbonyl (C=O) groups is 1. The molecule has 1 N–H and O–H groups in total. The van der Waals surface area contributed by atoms with Gasteiger partial charge < -0.3 is 15.0 Å². The van der Waals surface area contributed by atoms with E-state index in [1.54, 1.807) is 6.07 Å². The predicted octanol–water partition coefficient (Wildman–Crippen LogP) is 2.71. The summed E-state index contributed by atoms with van der Waals surface area (Å²) < 4.78 is 32.8. The number of rotatable bonds is 8. The molecule has 172 valence electrons. The van der Waals surface area contributed by atoms with Crippen LogP contribution in [0.3, 0.4) is 0 Å². The Hall–Kier alpha value is -3.02. The second-order valence-corrected chi connectivity index (χ2v) is 9.03. The number of amides is 1. The molecule has 1 saturated heterocycles. The molecule has 0 saturated carbocycles. The minimum atomic E-state index is -3.79. The summed E-state index contributed by atoms with van der Waals surface area (Å²) in [5.41, 5.74) is 0.463. The number of ether oxygens (including phenoxy) is 1. The molecule has 3 rings (SSSR count). The highest BCUT2D eigenvalue weighted by Gasteiger charge is 2.28. The Labute approximate surface area is 187 Å². The maximum absolute atomic E-state index is 13.1. The third kappa shape index (κ3) is 4.90. The van der Waals surface area contributed by atoms with Crippen molar-refractivity contribution in [1.29, 1.82) is 0 Å². The summed E-state index contributed by atoms with van der Waals surface area (Å²) in [5, 5.41) is 14.0. The Morgan fingerprint density at radius 3 is 2.44 bits per heavy atom. The molecule has 0 spiro atoms. The van der Waals surface area contributed by atoms with Gasteiger partial charge in [-0.1, -0.05) is 12.1 Å². The van der Waals surface area contributed by atoms with Crippen molar-refractivity contribution in [3.8, 4) is 0 Å². The summed E-state index contributed by atoms with van der Waals surface area (Å²) >= 11 is 0. The molecule has 1 fully saturated rings. The fourth-order valence-corrected chi connectivity index (χ4v) is 5.00. The van der Waals surface area contributed by atoms with Crippen LogP contribution in [-0.4, -0.2) is 62.9 Å². The molecule has 1 aliphatic rings. The SMILES string of the molecule is CCN(CC)c1ccc(S(=O)(=O)N2CCOCC2)cc1NC(=O)c1ccccc1[N+](=O)[O-]. The molecule has 11 heteroatoms. The predicted molar refractivity (Wildman–Crippen MR) is 121 cm³/mol. The van der Waals surface area contributed by atoms with Crippen LogP contribution in [0.4, 0.5) is 17.1 Å². The number of nitrogens with one attached hydrogen (secondary N) is 1. The number of hydrogen-bond donors (Lipinski definition) is 1. The van der Waals surface area contributed by atoms with Gasteiger partial charge in [-0.15, -0.1) is 0 Å². The number of anilines is 2. The van der Waals surface area contributed by atoms with Gasteiger partial charge in [-0.25, -0.2) is 8.42 Å². The zero-order chi connectivity index (χ0) is 23.3. The Kier molecular flexibility index (Phi) is 7.44. The molecular formula is C21H26N4O6S. The highest BCUT2D eigenvalue weighted by molar-refractivity contribution is 7.89. The van der Waals surface area contributed by atoms with Crippen molar-refractivity contribution in [2.75, 3.05) is 49.6 Å². The second-order valence-electron chi connectivity index (χ2n) is 7.10. The summed E-state index contributed by atoms with van der Waals surface area (Å²) in [6.07, 6.45) is 0. The topological polar surface area (TPSA) is 122 Å². The lowest BCUT2D eigenvalue weighted by Gasteiger charge is -2.28. The van der Waals surface area contributed by atoms with Crippen molar-refractivity contribution in [1.82, 2.24) is 4.31 Å². The van der Waals surface area contributed by atoms with Gasteiger partial charge in [0.15, 0.2) is 0 Å². The van der Waals surface area contributed by atoms with Gasteiger partial charge in [0.1, 0.15) is 5.56 Å². The van der Waals surface area contributed by atoms with E-state index in [2.05, 4.69) is 5.32 Å². The van der Waals surface area contributed by atoms with Crippen LogP contribution in [0.1, 0.15) is 24.2 Å².